The van der Waals surface area contributed by atoms with Crippen LogP contribution in [-0.4, -0.2) is 26.4 Å². The van der Waals surface area contributed by atoms with Crippen molar-refractivity contribution in [1.82, 2.24) is 0 Å². The topological polar surface area (TPSA) is 55.4 Å². The Balaban J connectivity index is 0.00000484. The minimum atomic E-state index is -1.52. The molecule has 0 amide bonds. The van der Waals surface area contributed by atoms with Crippen LogP contribution >= 0.6 is 17.2 Å². The van der Waals surface area contributed by atoms with Crippen molar-refractivity contribution in [2.24, 2.45) is 5.41 Å². The van der Waals surface area contributed by atoms with E-state index in [0.717, 1.165) is 22.6 Å². The van der Waals surface area contributed by atoms with Crippen molar-refractivity contribution in [2.75, 3.05) is 26.4 Å². The van der Waals surface area contributed by atoms with E-state index < -0.39 is 17.2 Å². The first kappa shape index (κ1) is 35.9. The minimum absolute atomic E-state index is 0. The molecule has 2 aromatic rings. The molecule has 0 unspecified atom stereocenters. The van der Waals surface area contributed by atoms with Gasteiger partial charge in [-0.25, -0.2) is 0 Å². The van der Waals surface area contributed by atoms with E-state index in [0.29, 0.717) is 26.4 Å². The van der Waals surface area contributed by atoms with Crippen molar-refractivity contribution in [3.05, 3.63) is 58.7 Å². The molecule has 2 aromatic carbocycles. The Hall–Kier alpha value is -0.572. The van der Waals surface area contributed by atoms with Gasteiger partial charge in [0.25, 0.3) is 0 Å². The molecule has 42 heavy (non-hydrogen) atoms. The monoisotopic (exact) mass is 799 g/mol. The summed E-state index contributed by atoms with van der Waals surface area (Å²) in [5.41, 5.74) is 4.44. The number of hydrogen-bond donors (Lipinski definition) is 0. The molecule has 2 aliphatic heterocycles. The third-order valence-corrected chi connectivity index (χ3v) is 9.61. The molecule has 0 saturated carbocycles. The van der Waals surface area contributed by atoms with Gasteiger partial charge in [-0.2, -0.15) is 0 Å². The second kappa shape index (κ2) is 13.0. The van der Waals surface area contributed by atoms with Crippen molar-refractivity contribution in [2.45, 2.75) is 105 Å². The van der Waals surface area contributed by atoms with E-state index in [1.807, 2.05) is 0 Å². The third-order valence-electron chi connectivity index (χ3n) is 7.56. The maximum Gasteiger partial charge on any atom is 0.397 e. The summed E-state index contributed by atoms with van der Waals surface area (Å²) in [4.78, 5) is 0. The molecule has 238 valence electrons. The van der Waals surface area contributed by atoms with E-state index in [-0.39, 0.29) is 48.1 Å². The predicted octanol–water partition coefficient (Wildman–Crippen LogP) is 9.87. The Bertz CT molecular complexity index is 1110. The Kier molecular flexibility index (Phi) is 11.1. The molecule has 0 aromatic heterocycles. The van der Waals surface area contributed by atoms with E-state index in [9.17, 15) is 0 Å². The van der Waals surface area contributed by atoms with Gasteiger partial charge in [0.1, 0.15) is 11.5 Å². The van der Waals surface area contributed by atoms with Gasteiger partial charge in [-0.3, -0.25) is 0 Å². The van der Waals surface area contributed by atoms with Gasteiger partial charge in [0.15, 0.2) is 0 Å². The summed E-state index contributed by atoms with van der Waals surface area (Å²) < 4.78 is 37.1. The number of hydrogen-bond acceptors (Lipinski definition) is 6. The predicted molar refractivity (Wildman–Crippen MR) is 169 cm³/mol. The normalized spacial score (nSPS) is 23.8. The summed E-state index contributed by atoms with van der Waals surface area (Å²) in [6.07, 6.45) is 0. The van der Waals surface area contributed by atoms with Gasteiger partial charge < -0.3 is 27.1 Å². The van der Waals surface area contributed by atoms with Crippen LogP contribution in [-0.2, 0) is 60.8 Å². The van der Waals surface area contributed by atoms with Crippen LogP contribution < -0.4 is 9.05 Å². The van der Waals surface area contributed by atoms with Crippen LogP contribution in [0, 0.1) is 5.41 Å². The van der Waals surface area contributed by atoms with Crippen LogP contribution in [0.1, 0.15) is 105 Å². The Morgan fingerprint density at radius 2 is 0.833 bits per heavy atom. The second-order valence-electron chi connectivity index (χ2n) is 15.6. The SMILES string of the molecule is CC(C)(C)c1ccc(OP2OCC3(CO2)COP(Oc2ccc(C(C)(C)C)cc2C(C)(C)C)OC3)c(C(C)(C)C)c1.[Pt]. The Morgan fingerprint density at radius 1 is 0.524 bits per heavy atom. The minimum Gasteiger partial charge on any atom is -0.426 e. The molecule has 0 radical (unpaired) electrons. The van der Waals surface area contributed by atoms with Gasteiger partial charge in [-0.05, 0) is 44.9 Å². The van der Waals surface area contributed by atoms with Crippen LogP contribution in [0.4, 0.5) is 0 Å². The van der Waals surface area contributed by atoms with Crippen LogP contribution in [0.3, 0.4) is 0 Å². The van der Waals surface area contributed by atoms with Gasteiger partial charge >= 0.3 is 17.2 Å². The fourth-order valence-corrected chi connectivity index (χ4v) is 7.19. The molecule has 4 rings (SSSR count). The van der Waals surface area contributed by atoms with Gasteiger partial charge in [0, 0.05) is 32.2 Å². The Morgan fingerprint density at radius 3 is 1.10 bits per heavy atom. The molecule has 0 aliphatic carbocycles. The maximum atomic E-state index is 6.31. The van der Waals surface area contributed by atoms with E-state index >= 15 is 0 Å². The summed E-state index contributed by atoms with van der Waals surface area (Å²) in [7, 11) is -3.04. The first-order valence-corrected chi connectivity index (χ1v) is 16.7. The Labute approximate surface area is 271 Å². The first-order chi connectivity index (χ1) is 18.8. The van der Waals surface area contributed by atoms with Crippen LogP contribution in [0.25, 0.3) is 0 Å². The molecule has 2 aliphatic rings. The van der Waals surface area contributed by atoms with E-state index in [4.69, 9.17) is 27.1 Å². The van der Waals surface area contributed by atoms with Crippen LogP contribution in [0.5, 0.6) is 11.5 Å². The molecule has 0 bridgehead atoms. The zero-order valence-corrected chi connectivity index (χ0v) is 31.5. The fourth-order valence-electron chi connectivity index (χ4n) is 4.67. The first-order valence-electron chi connectivity index (χ1n) is 14.5. The van der Waals surface area contributed by atoms with E-state index in [2.05, 4.69) is 119 Å². The summed E-state index contributed by atoms with van der Waals surface area (Å²) >= 11 is 0. The van der Waals surface area contributed by atoms with Gasteiger partial charge in [0.05, 0.1) is 31.8 Å². The molecular weight excluding hydrogens is 749 g/mol. The van der Waals surface area contributed by atoms with Crippen molar-refractivity contribution in [1.29, 1.82) is 0 Å². The average Bonchev–Trinajstić information content (AvgIpc) is 2.85. The molecule has 2 heterocycles. The summed E-state index contributed by atoms with van der Waals surface area (Å²) in [5.74, 6) is 1.63. The second-order valence-corrected chi connectivity index (χ2v) is 17.9. The van der Waals surface area contributed by atoms with E-state index in [1.54, 1.807) is 0 Å². The number of rotatable bonds is 4. The van der Waals surface area contributed by atoms with Gasteiger partial charge in [-0.1, -0.05) is 107 Å². The van der Waals surface area contributed by atoms with Crippen LogP contribution in [0.15, 0.2) is 36.4 Å². The third kappa shape index (κ3) is 8.78. The standard InChI is InChI=1S/C33H50O6P2.Pt/c1-29(2,3)23-13-15-27(25(17-23)31(7,8)9)38-40-34-19-33(20-35-40)21-36-41(37-22-33)39-28-16-14-24(30(4,5)6)18-26(28)32(10,11)12;/h13-18H,19-22H2,1-12H3;. The zero-order valence-electron chi connectivity index (χ0n) is 27.5. The fraction of sp³-hybridized carbons (Fsp3) is 0.636. The average molecular weight is 800 g/mol. The van der Waals surface area contributed by atoms with Crippen molar-refractivity contribution in [3.63, 3.8) is 0 Å². The molecule has 9 heteroatoms. The van der Waals surface area contributed by atoms with Crippen molar-refractivity contribution < 1.29 is 48.2 Å². The van der Waals surface area contributed by atoms with Crippen molar-refractivity contribution in [3.8, 4) is 11.5 Å². The van der Waals surface area contributed by atoms with E-state index in [1.165, 1.54) is 11.1 Å². The summed E-state index contributed by atoms with van der Waals surface area (Å²) in [6.45, 7) is 28.3. The molecule has 0 N–H and O–H groups in total. The molecule has 1 spiro atoms. The largest absolute Gasteiger partial charge is 0.426 e. The molecule has 6 nitrogen and oxygen atoms in total. The molecule has 2 fully saturated rings. The number of benzene rings is 2. The molecular formula is C33H50O6P2Pt. The summed E-state index contributed by atoms with van der Waals surface area (Å²) in [5, 5.41) is 0. The summed E-state index contributed by atoms with van der Waals surface area (Å²) in [6, 6.07) is 12.9. The molecule has 2 saturated heterocycles. The van der Waals surface area contributed by atoms with Crippen molar-refractivity contribution >= 4 is 17.2 Å². The zero-order chi connectivity index (χ0) is 30.4. The maximum absolute atomic E-state index is 6.31. The van der Waals surface area contributed by atoms with Crippen LogP contribution in [0.2, 0.25) is 0 Å². The quantitative estimate of drug-likeness (QED) is 0.287. The molecule has 0 atom stereocenters. The van der Waals surface area contributed by atoms with Gasteiger partial charge in [-0.15, -0.1) is 0 Å². The smallest absolute Gasteiger partial charge is 0.397 e. The van der Waals surface area contributed by atoms with Gasteiger partial charge in [0.2, 0.25) is 0 Å².